The molecule has 0 spiro atoms. The van der Waals surface area contributed by atoms with E-state index < -0.39 is 18.0 Å². The van der Waals surface area contributed by atoms with Crippen LogP contribution in [0.5, 0.6) is 0 Å². The number of benzene rings is 2. The van der Waals surface area contributed by atoms with E-state index in [0.717, 1.165) is 11.1 Å². The van der Waals surface area contributed by atoms with E-state index >= 15 is 0 Å². The van der Waals surface area contributed by atoms with Crippen LogP contribution in [0.15, 0.2) is 60.7 Å². The number of carbonyl (C=O) groups excluding carboxylic acids is 2. The fraction of sp³-hybridized carbons (Fsp3) is 0.222. The van der Waals surface area contributed by atoms with Crippen molar-refractivity contribution in [3.8, 4) is 0 Å². The van der Waals surface area contributed by atoms with Crippen LogP contribution in [0.2, 0.25) is 0 Å². The van der Waals surface area contributed by atoms with E-state index in [4.69, 9.17) is 0 Å². The summed E-state index contributed by atoms with van der Waals surface area (Å²) in [5, 5.41) is 15.7. The van der Waals surface area contributed by atoms with E-state index in [1.807, 2.05) is 60.7 Å². The van der Waals surface area contributed by atoms with Gasteiger partial charge in [-0.25, -0.2) is 4.79 Å². The van der Waals surface area contributed by atoms with Gasteiger partial charge >= 0.3 is 6.03 Å². The molecule has 0 fully saturated rings. The molecule has 0 saturated heterocycles. The Bertz CT molecular complexity index is 604. The SMILES string of the molecule is C[C@H](NC(=O)NCC(c1ccccc1)c1ccccc1)C(=O)[O-]. The molecule has 0 aromatic heterocycles. The lowest BCUT2D eigenvalue weighted by molar-refractivity contribution is -0.307. The number of urea groups is 1. The Labute approximate surface area is 135 Å². The smallest absolute Gasteiger partial charge is 0.315 e. The van der Waals surface area contributed by atoms with Crippen LogP contribution in [0.4, 0.5) is 4.79 Å². The van der Waals surface area contributed by atoms with E-state index in [2.05, 4.69) is 10.6 Å². The van der Waals surface area contributed by atoms with Gasteiger partial charge in [0.1, 0.15) is 0 Å². The second-order valence-corrected chi connectivity index (χ2v) is 5.27. The second-order valence-electron chi connectivity index (χ2n) is 5.27. The van der Waals surface area contributed by atoms with Crippen molar-refractivity contribution in [3.05, 3.63) is 71.8 Å². The van der Waals surface area contributed by atoms with Gasteiger partial charge < -0.3 is 20.5 Å². The number of aliphatic carboxylic acids is 1. The van der Waals surface area contributed by atoms with Crippen LogP contribution in [0.1, 0.15) is 24.0 Å². The Morgan fingerprint density at radius 2 is 1.43 bits per heavy atom. The minimum Gasteiger partial charge on any atom is -0.548 e. The molecular formula is C18H19N2O3-. The molecule has 0 bridgehead atoms. The Hall–Kier alpha value is -2.82. The van der Waals surface area contributed by atoms with E-state index in [0.29, 0.717) is 6.54 Å². The van der Waals surface area contributed by atoms with Gasteiger partial charge in [-0.2, -0.15) is 0 Å². The molecule has 0 aliphatic carbocycles. The normalized spacial score (nSPS) is 11.7. The van der Waals surface area contributed by atoms with Crippen molar-refractivity contribution in [1.82, 2.24) is 10.6 Å². The number of nitrogens with one attached hydrogen (secondary N) is 2. The minimum atomic E-state index is -1.32. The average Bonchev–Trinajstić information content (AvgIpc) is 2.57. The van der Waals surface area contributed by atoms with Gasteiger partial charge in [0.15, 0.2) is 0 Å². The summed E-state index contributed by atoms with van der Waals surface area (Å²) in [5.74, 6) is -1.33. The van der Waals surface area contributed by atoms with Gasteiger partial charge in [-0.05, 0) is 18.1 Å². The topological polar surface area (TPSA) is 81.3 Å². The van der Waals surface area contributed by atoms with Crippen LogP contribution < -0.4 is 15.7 Å². The quantitative estimate of drug-likeness (QED) is 0.842. The standard InChI is InChI=1S/C18H20N2O3/c1-13(17(21)22)20-18(23)19-12-16(14-8-4-2-5-9-14)15-10-6-3-7-11-15/h2-11,13,16H,12H2,1H3,(H,21,22)(H2,19,20,23)/p-1/t13-/m0/s1. The molecule has 2 aromatic rings. The van der Waals surface area contributed by atoms with Gasteiger partial charge in [0.2, 0.25) is 0 Å². The molecule has 0 aliphatic heterocycles. The third kappa shape index (κ3) is 4.85. The number of carboxylic acid groups (broad SMARTS) is 1. The first-order valence-corrected chi connectivity index (χ1v) is 7.43. The Kier molecular flexibility index (Phi) is 5.74. The highest BCUT2D eigenvalue weighted by molar-refractivity contribution is 5.81. The molecule has 1 atom stereocenters. The van der Waals surface area contributed by atoms with Crippen molar-refractivity contribution in [2.75, 3.05) is 6.54 Å². The van der Waals surface area contributed by atoms with E-state index in [1.165, 1.54) is 6.92 Å². The van der Waals surface area contributed by atoms with Crippen LogP contribution in [0, 0.1) is 0 Å². The molecule has 0 aliphatic rings. The van der Waals surface area contributed by atoms with E-state index in [9.17, 15) is 14.7 Å². The molecule has 23 heavy (non-hydrogen) atoms. The number of hydrogen-bond acceptors (Lipinski definition) is 3. The first kappa shape index (κ1) is 16.5. The molecule has 2 aromatic carbocycles. The minimum absolute atomic E-state index is 0.0126. The summed E-state index contributed by atoms with van der Waals surface area (Å²) in [6.45, 7) is 1.72. The van der Waals surface area contributed by atoms with Gasteiger partial charge in [-0.15, -0.1) is 0 Å². The summed E-state index contributed by atoms with van der Waals surface area (Å²) in [6, 6.07) is 18.1. The summed E-state index contributed by atoms with van der Waals surface area (Å²) < 4.78 is 0. The van der Waals surface area contributed by atoms with Crippen molar-refractivity contribution in [2.45, 2.75) is 18.9 Å². The van der Waals surface area contributed by atoms with Crippen LogP contribution >= 0.6 is 0 Å². The molecular weight excluding hydrogens is 292 g/mol. The predicted molar refractivity (Wildman–Crippen MR) is 85.7 cm³/mol. The number of hydrogen-bond donors (Lipinski definition) is 2. The summed E-state index contributed by atoms with van der Waals surface area (Å²) >= 11 is 0. The molecule has 5 nitrogen and oxygen atoms in total. The highest BCUT2D eigenvalue weighted by Crippen LogP contribution is 2.23. The average molecular weight is 311 g/mol. The largest absolute Gasteiger partial charge is 0.548 e. The molecule has 120 valence electrons. The second kappa shape index (κ2) is 7.98. The van der Waals surface area contributed by atoms with Gasteiger partial charge in [0, 0.05) is 12.5 Å². The zero-order valence-electron chi connectivity index (χ0n) is 12.9. The van der Waals surface area contributed by atoms with Crippen molar-refractivity contribution in [3.63, 3.8) is 0 Å². The molecule has 0 unspecified atom stereocenters. The number of rotatable bonds is 6. The van der Waals surface area contributed by atoms with Gasteiger partial charge in [-0.1, -0.05) is 60.7 Å². The van der Waals surface area contributed by atoms with Crippen molar-refractivity contribution >= 4 is 12.0 Å². The van der Waals surface area contributed by atoms with Crippen LogP contribution in [0.3, 0.4) is 0 Å². The predicted octanol–water partition coefficient (Wildman–Crippen LogP) is 1.26. The third-order valence-electron chi connectivity index (χ3n) is 3.57. The van der Waals surface area contributed by atoms with E-state index in [-0.39, 0.29) is 5.92 Å². The lowest BCUT2D eigenvalue weighted by Crippen LogP contribution is -2.49. The van der Waals surface area contributed by atoms with Crippen molar-refractivity contribution < 1.29 is 14.7 Å². The first-order chi connectivity index (χ1) is 11.1. The zero-order valence-corrected chi connectivity index (χ0v) is 12.9. The van der Waals surface area contributed by atoms with Crippen LogP contribution in [-0.4, -0.2) is 24.6 Å². The lowest BCUT2D eigenvalue weighted by atomic mass is 9.91. The molecule has 5 heteroatoms. The van der Waals surface area contributed by atoms with Crippen LogP contribution in [0.25, 0.3) is 0 Å². The fourth-order valence-electron chi connectivity index (χ4n) is 2.30. The molecule has 0 saturated carbocycles. The van der Waals surface area contributed by atoms with Gasteiger partial charge in [0.05, 0.1) is 12.0 Å². The third-order valence-corrected chi connectivity index (χ3v) is 3.57. The summed E-state index contributed by atoms with van der Waals surface area (Å²) in [5.41, 5.74) is 2.15. The number of carbonyl (C=O) groups is 2. The number of carboxylic acids is 1. The maximum absolute atomic E-state index is 11.8. The van der Waals surface area contributed by atoms with Crippen molar-refractivity contribution in [2.24, 2.45) is 0 Å². The number of amides is 2. The maximum atomic E-state index is 11.8. The first-order valence-electron chi connectivity index (χ1n) is 7.43. The van der Waals surface area contributed by atoms with Crippen molar-refractivity contribution in [1.29, 1.82) is 0 Å². The lowest BCUT2D eigenvalue weighted by Gasteiger charge is -2.20. The molecule has 2 rings (SSSR count). The highest BCUT2D eigenvalue weighted by atomic mass is 16.4. The molecule has 2 amide bonds. The summed E-state index contributed by atoms with van der Waals surface area (Å²) in [6.07, 6.45) is 0. The fourth-order valence-corrected chi connectivity index (χ4v) is 2.30. The molecule has 2 N–H and O–H groups in total. The monoisotopic (exact) mass is 311 g/mol. The Balaban J connectivity index is 2.07. The zero-order chi connectivity index (χ0) is 16.7. The maximum Gasteiger partial charge on any atom is 0.315 e. The molecule has 0 heterocycles. The van der Waals surface area contributed by atoms with E-state index in [1.54, 1.807) is 0 Å². The van der Waals surface area contributed by atoms with Gasteiger partial charge in [0.25, 0.3) is 0 Å². The Morgan fingerprint density at radius 3 is 1.87 bits per heavy atom. The summed E-state index contributed by atoms with van der Waals surface area (Å²) in [4.78, 5) is 22.5. The summed E-state index contributed by atoms with van der Waals surface area (Å²) in [7, 11) is 0. The van der Waals surface area contributed by atoms with Gasteiger partial charge in [-0.3, -0.25) is 0 Å². The highest BCUT2D eigenvalue weighted by Gasteiger charge is 2.15. The molecule has 0 radical (unpaired) electrons. The van der Waals surface area contributed by atoms with Crippen LogP contribution in [-0.2, 0) is 4.79 Å². The Morgan fingerprint density at radius 1 is 0.957 bits per heavy atom.